The highest BCUT2D eigenvalue weighted by Crippen LogP contribution is 2.18. The summed E-state index contributed by atoms with van der Waals surface area (Å²) in [5, 5.41) is 9.12. The van der Waals surface area contributed by atoms with Crippen molar-refractivity contribution < 1.29 is 22.7 Å². The molecule has 0 amide bonds. The van der Waals surface area contributed by atoms with Gasteiger partial charge in [-0.15, -0.1) is 0 Å². The minimum absolute atomic E-state index is 0.122. The summed E-state index contributed by atoms with van der Waals surface area (Å²) in [7, 11) is -2.54. The molecule has 126 valence electrons. The Bertz CT molecular complexity index is 883. The minimum atomic E-state index is -4.04. The molecule has 0 fully saturated rings. The SMILES string of the molecule is CSCCC(NS(=O)(=O)c1ccc2c(c1)oc(=O)n2C)C(=O)O. The first-order valence-corrected chi connectivity index (χ1v) is 9.47. The number of oxazole rings is 1. The number of aromatic nitrogens is 1. The molecule has 1 heterocycles. The van der Waals surface area contributed by atoms with Crippen LogP contribution in [0.2, 0.25) is 0 Å². The van der Waals surface area contributed by atoms with E-state index in [1.165, 1.54) is 41.6 Å². The van der Waals surface area contributed by atoms with Gasteiger partial charge in [-0.1, -0.05) is 0 Å². The highest BCUT2D eigenvalue weighted by molar-refractivity contribution is 7.98. The first-order chi connectivity index (χ1) is 10.8. The number of carboxylic acid groups (broad SMARTS) is 1. The van der Waals surface area contributed by atoms with Crippen LogP contribution < -0.4 is 10.5 Å². The van der Waals surface area contributed by atoms with Gasteiger partial charge in [0.25, 0.3) is 0 Å². The van der Waals surface area contributed by atoms with Gasteiger partial charge in [-0.05, 0) is 30.6 Å². The van der Waals surface area contributed by atoms with E-state index in [0.29, 0.717) is 11.3 Å². The Balaban J connectivity index is 2.34. The Kier molecular flexibility index (Phi) is 5.17. The third kappa shape index (κ3) is 3.77. The molecule has 1 aromatic heterocycles. The molecule has 2 aromatic rings. The zero-order chi connectivity index (χ0) is 17.2. The zero-order valence-electron chi connectivity index (χ0n) is 12.5. The molecular weight excluding hydrogens is 344 g/mol. The van der Waals surface area contributed by atoms with Crippen LogP contribution >= 0.6 is 11.8 Å². The summed E-state index contributed by atoms with van der Waals surface area (Å²) >= 11 is 1.42. The molecular formula is C13H16N2O6S2. The van der Waals surface area contributed by atoms with Crippen molar-refractivity contribution >= 4 is 38.9 Å². The summed E-state index contributed by atoms with van der Waals surface area (Å²) in [6, 6.07) is 2.72. The number of fused-ring (bicyclic) bond motifs is 1. The lowest BCUT2D eigenvalue weighted by Crippen LogP contribution is -2.41. The minimum Gasteiger partial charge on any atom is -0.480 e. The Labute approximate surface area is 136 Å². The van der Waals surface area contributed by atoms with E-state index in [9.17, 15) is 18.0 Å². The van der Waals surface area contributed by atoms with Crippen LogP contribution in [0.4, 0.5) is 0 Å². The van der Waals surface area contributed by atoms with Crippen LogP contribution in [0.3, 0.4) is 0 Å². The molecule has 8 nitrogen and oxygen atoms in total. The van der Waals surface area contributed by atoms with Crippen molar-refractivity contribution in [2.75, 3.05) is 12.0 Å². The van der Waals surface area contributed by atoms with E-state index < -0.39 is 27.8 Å². The Morgan fingerprint density at radius 1 is 1.48 bits per heavy atom. The van der Waals surface area contributed by atoms with E-state index in [2.05, 4.69) is 4.72 Å². The van der Waals surface area contributed by atoms with Crippen LogP contribution in [-0.2, 0) is 21.9 Å². The van der Waals surface area contributed by atoms with Crippen molar-refractivity contribution in [1.82, 2.24) is 9.29 Å². The molecule has 0 bridgehead atoms. The van der Waals surface area contributed by atoms with E-state index >= 15 is 0 Å². The number of rotatable bonds is 7. The van der Waals surface area contributed by atoms with E-state index in [-0.39, 0.29) is 16.9 Å². The second-order valence-corrected chi connectivity index (χ2v) is 7.55. The topological polar surface area (TPSA) is 119 Å². The predicted molar refractivity (Wildman–Crippen MR) is 86.2 cm³/mol. The van der Waals surface area contributed by atoms with Crippen LogP contribution in [0.1, 0.15) is 6.42 Å². The molecule has 1 unspecified atom stereocenters. The zero-order valence-corrected chi connectivity index (χ0v) is 14.1. The smallest absolute Gasteiger partial charge is 0.419 e. The number of aliphatic carboxylic acids is 1. The fourth-order valence-electron chi connectivity index (χ4n) is 2.01. The number of nitrogens with one attached hydrogen (secondary N) is 1. The number of carbonyl (C=O) groups is 1. The maximum atomic E-state index is 12.3. The van der Waals surface area contributed by atoms with Gasteiger partial charge in [0.05, 0.1) is 10.4 Å². The van der Waals surface area contributed by atoms with E-state index in [1.807, 2.05) is 0 Å². The molecule has 0 aliphatic heterocycles. The van der Waals surface area contributed by atoms with E-state index in [0.717, 1.165) is 0 Å². The van der Waals surface area contributed by atoms with Crippen LogP contribution in [0.25, 0.3) is 11.1 Å². The number of benzene rings is 1. The van der Waals surface area contributed by atoms with E-state index in [4.69, 9.17) is 9.52 Å². The third-order valence-corrected chi connectivity index (χ3v) is 5.39. The molecule has 0 aliphatic rings. The normalized spacial score (nSPS) is 13.3. The Morgan fingerprint density at radius 3 is 2.78 bits per heavy atom. The van der Waals surface area contributed by atoms with Crippen LogP contribution in [-0.4, -0.2) is 42.1 Å². The molecule has 1 aromatic carbocycles. The Morgan fingerprint density at radius 2 is 2.17 bits per heavy atom. The van der Waals surface area contributed by atoms with Gasteiger partial charge in [0.2, 0.25) is 10.0 Å². The molecule has 0 aliphatic carbocycles. The summed E-state index contributed by atoms with van der Waals surface area (Å²) in [5.74, 6) is -1.34. The monoisotopic (exact) mass is 360 g/mol. The van der Waals surface area contributed by atoms with Gasteiger partial charge in [-0.25, -0.2) is 13.2 Å². The van der Waals surface area contributed by atoms with Crippen molar-refractivity contribution in [3.63, 3.8) is 0 Å². The number of thioether (sulfide) groups is 1. The first-order valence-electron chi connectivity index (χ1n) is 6.60. The number of aryl methyl sites for hydroxylation is 1. The van der Waals surface area contributed by atoms with Crippen LogP contribution in [0.5, 0.6) is 0 Å². The summed E-state index contributed by atoms with van der Waals surface area (Å²) in [5.41, 5.74) is 0.572. The highest BCUT2D eigenvalue weighted by atomic mass is 32.2. The molecule has 0 saturated carbocycles. The molecule has 10 heteroatoms. The van der Waals surface area contributed by atoms with Gasteiger partial charge in [0.15, 0.2) is 5.58 Å². The van der Waals surface area contributed by atoms with Gasteiger partial charge in [0, 0.05) is 13.1 Å². The molecule has 0 spiro atoms. The fourth-order valence-corrected chi connectivity index (χ4v) is 3.72. The second-order valence-electron chi connectivity index (χ2n) is 4.85. The summed E-state index contributed by atoms with van der Waals surface area (Å²) in [4.78, 5) is 22.5. The maximum absolute atomic E-state index is 12.3. The third-order valence-electron chi connectivity index (χ3n) is 3.28. The molecule has 0 saturated heterocycles. The van der Waals surface area contributed by atoms with Crippen molar-refractivity contribution in [1.29, 1.82) is 0 Å². The lowest BCUT2D eigenvalue weighted by Gasteiger charge is -2.14. The standard InChI is InChI=1S/C13H16N2O6S2/c1-15-10-4-3-8(7-11(10)21-13(15)18)23(19,20)14-9(12(16)17)5-6-22-2/h3-4,7,9,14H,5-6H2,1-2H3,(H,16,17). The van der Waals surface area contributed by atoms with Gasteiger partial charge < -0.3 is 9.52 Å². The molecule has 2 N–H and O–H groups in total. The number of hydrogen-bond acceptors (Lipinski definition) is 6. The lowest BCUT2D eigenvalue weighted by molar-refractivity contribution is -0.139. The van der Waals surface area contributed by atoms with Gasteiger partial charge in [-0.3, -0.25) is 9.36 Å². The predicted octanol–water partition coefficient (Wildman–Crippen LogP) is 0.616. The fraction of sp³-hybridized carbons (Fsp3) is 0.385. The highest BCUT2D eigenvalue weighted by Gasteiger charge is 2.25. The van der Waals surface area contributed by atoms with Crippen molar-refractivity contribution in [2.24, 2.45) is 7.05 Å². The van der Waals surface area contributed by atoms with Gasteiger partial charge in [-0.2, -0.15) is 16.5 Å². The number of hydrogen-bond donors (Lipinski definition) is 2. The van der Waals surface area contributed by atoms with Crippen molar-refractivity contribution in [3.05, 3.63) is 28.7 Å². The van der Waals surface area contributed by atoms with Gasteiger partial charge in [0.1, 0.15) is 6.04 Å². The quantitative estimate of drug-likeness (QED) is 0.743. The van der Waals surface area contributed by atoms with Crippen molar-refractivity contribution in [2.45, 2.75) is 17.4 Å². The molecule has 2 rings (SSSR count). The number of sulfonamides is 1. The van der Waals surface area contributed by atoms with Crippen LogP contribution in [0.15, 0.2) is 32.3 Å². The lowest BCUT2D eigenvalue weighted by atomic mass is 10.2. The molecule has 23 heavy (non-hydrogen) atoms. The number of carboxylic acids is 1. The molecule has 0 radical (unpaired) electrons. The first kappa shape index (κ1) is 17.6. The van der Waals surface area contributed by atoms with E-state index in [1.54, 1.807) is 6.26 Å². The maximum Gasteiger partial charge on any atom is 0.419 e. The molecule has 1 atom stereocenters. The average molecular weight is 360 g/mol. The average Bonchev–Trinajstić information content (AvgIpc) is 2.77. The van der Waals surface area contributed by atoms with Crippen LogP contribution in [0, 0.1) is 0 Å². The van der Waals surface area contributed by atoms with Gasteiger partial charge >= 0.3 is 11.7 Å². The number of nitrogens with zero attached hydrogens (tertiary/aromatic N) is 1. The largest absolute Gasteiger partial charge is 0.480 e. The van der Waals surface area contributed by atoms with Crippen molar-refractivity contribution in [3.8, 4) is 0 Å². The summed E-state index contributed by atoms with van der Waals surface area (Å²) in [6.07, 6.45) is 1.97. The second kappa shape index (κ2) is 6.77. The summed E-state index contributed by atoms with van der Waals surface area (Å²) in [6.45, 7) is 0. The summed E-state index contributed by atoms with van der Waals surface area (Å²) < 4.78 is 33.0. The Hall–Kier alpha value is -1.78.